The zero-order chi connectivity index (χ0) is 25.4. The Morgan fingerprint density at radius 3 is 2.46 bits per heavy atom. The van der Waals surface area contributed by atoms with Crippen molar-refractivity contribution in [1.29, 1.82) is 5.26 Å². The molecule has 0 radical (unpaired) electrons. The Kier molecular flexibility index (Phi) is 5.87. The van der Waals surface area contributed by atoms with Gasteiger partial charge in [0.2, 0.25) is 0 Å². The van der Waals surface area contributed by atoms with E-state index in [4.69, 9.17) is 4.98 Å². The van der Waals surface area contributed by atoms with E-state index in [0.29, 0.717) is 5.56 Å². The van der Waals surface area contributed by atoms with Gasteiger partial charge < -0.3 is 4.90 Å². The van der Waals surface area contributed by atoms with Crippen LogP contribution in [0.25, 0.3) is 27.8 Å². The molecule has 0 N–H and O–H groups in total. The Labute approximate surface area is 215 Å². The van der Waals surface area contributed by atoms with Gasteiger partial charge in [-0.05, 0) is 36.2 Å². The van der Waals surface area contributed by atoms with Crippen molar-refractivity contribution in [2.75, 3.05) is 31.1 Å². The maximum absolute atomic E-state index is 9.68. The van der Waals surface area contributed by atoms with Crippen LogP contribution in [0, 0.1) is 18.3 Å². The number of nitrogens with zero attached hydrogens (tertiary/aromatic N) is 9. The molecule has 1 saturated heterocycles. The fourth-order valence-electron chi connectivity index (χ4n) is 4.98. The third-order valence-electron chi connectivity index (χ3n) is 6.86. The lowest BCUT2D eigenvalue weighted by Gasteiger charge is -2.35. The number of pyridine rings is 3. The monoisotopic (exact) mass is 489 g/mol. The van der Waals surface area contributed by atoms with Crippen LogP contribution in [-0.2, 0) is 13.6 Å². The van der Waals surface area contributed by atoms with Crippen LogP contribution in [0.2, 0.25) is 0 Å². The van der Waals surface area contributed by atoms with Crippen LogP contribution in [0.15, 0.2) is 67.6 Å². The number of hydrogen-bond acceptors (Lipinski definition) is 7. The molecule has 1 aliphatic heterocycles. The van der Waals surface area contributed by atoms with Gasteiger partial charge in [0, 0.05) is 93.0 Å². The second-order valence-corrected chi connectivity index (χ2v) is 9.55. The molecule has 9 heteroatoms. The molecular weight excluding hydrogens is 462 g/mol. The largest absolute Gasteiger partial charge is 0.354 e. The quantitative estimate of drug-likeness (QED) is 0.372. The van der Waals surface area contributed by atoms with E-state index >= 15 is 0 Å². The van der Waals surface area contributed by atoms with Crippen molar-refractivity contribution in [3.8, 4) is 28.3 Å². The molecule has 0 amide bonds. The van der Waals surface area contributed by atoms with Crippen molar-refractivity contribution in [1.82, 2.24) is 34.3 Å². The van der Waals surface area contributed by atoms with Crippen molar-refractivity contribution in [3.63, 3.8) is 0 Å². The van der Waals surface area contributed by atoms with Crippen LogP contribution in [0.3, 0.4) is 0 Å². The summed E-state index contributed by atoms with van der Waals surface area (Å²) in [6.45, 7) is 6.81. The minimum absolute atomic E-state index is 0.539. The second kappa shape index (κ2) is 9.48. The highest BCUT2D eigenvalue weighted by atomic mass is 15.3. The summed E-state index contributed by atoms with van der Waals surface area (Å²) in [6, 6.07) is 10.7. The normalized spacial score (nSPS) is 14.2. The Balaban J connectivity index is 1.23. The van der Waals surface area contributed by atoms with Crippen molar-refractivity contribution in [3.05, 3.63) is 84.3 Å². The fourth-order valence-corrected chi connectivity index (χ4v) is 4.98. The van der Waals surface area contributed by atoms with Crippen LogP contribution in [0.1, 0.15) is 16.7 Å². The SMILES string of the molecule is Cc1cncc(CN2CCN(c3ccc(-c4cc(-c5cnn(C)c5)cn5ncc(C#N)c45)cn3)CC2)c1. The number of piperazine rings is 1. The standard InChI is InChI=1S/C28H27N9/c1-20-9-21(13-30-12-20)17-35-5-7-36(8-6-35)27-4-3-22(14-31-27)26-10-23(25-16-32-34(2)18-25)19-37-28(26)24(11-29)15-33-37/h3-4,9-10,12-16,18-19H,5-8,17H2,1-2H3. The van der Waals surface area contributed by atoms with Crippen LogP contribution in [0.5, 0.6) is 0 Å². The van der Waals surface area contributed by atoms with Crippen LogP contribution < -0.4 is 4.90 Å². The van der Waals surface area contributed by atoms with E-state index in [2.05, 4.69) is 62.2 Å². The van der Waals surface area contributed by atoms with E-state index in [1.54, 1.807) is 15.4 Å². The topological polar surface area (TPSA) is 91.2 Å². The molecule has 0 spiro atoms. The first-order valence-corrected chi connectivity index (χ1v) is 12.3. The summed E-state index contributed by atoms with van der Waals surface area (Å²) in [5.41, 5.74) is 7.61. The molecule has 0 aliphatic carbocycles. The van der Waals surface area contributed by atoms with Gasteiger partial charge in [-0.3, -0.25) is 14.6 Å². The summed E-state index contributed by atoms with van der Waals surface area (Å²) >= 11 is 0. The second-order valence-electron chi connectivity index (χ2n) is 9.55. The van der Waals surface area contributed by atoms with Crippen LogP contribution in [-0.4, -0.2) is 60.4 Å². The Hall–Kier alpha value is -4.55. The van der Waals surface area contributed by atoms with E-state index in [1.165, 1.54) is 11.1 Å². The molecule has 0 saturated carbocycles. The molecule has 1 aliphatic rings. The Bertz CT molecular complexity index is 1600. The summed E-state index contributed by atoms with van der Waals surface area (Å²) in [4.78, 5) is 13.9. The number of fused-ring (bicyclic) bond motifs is 1. The lowest BCUT2D eigenvalue weighted by Crippen LogP contribution is -2.46. The smallest absolute Gasteiger partial charge is 0.128 e. The fraction of sp³-hybridized carbons (Fsp3) is 0.250. The zero-order valence-corrected chi connectivity index (χ0v) is 20.9. The molecule has 1 fully saturated rings. The predicted molar refractivity (Wildman–Crippen MR) is 142 cm³/mol. The number of hydrogen-bond donors (Lipinski definition) is 0. The summed E-state index contributed by atoms with van der Waals surface area (Å²) in [5, 5.41) is 18.4. The molecule has 37 heavy (non-hydrogen) atoms. The minimum Gasteiger partial charge on any atom is -0.354 e. The molecule has 0 atom stereocenters. The van der Waals surface area contributed by atoms with Crippen LogP contribution >= 0.6 is 0 Å². The molecule has 184 valence electrons. The Morgan fingerprint density at radius 2 is 1.76 bits per heavy atom. The molecule has 5 aromatic heterocycles. The summed E-state index contributed by atoms with van der Waals surface area (Å²) in [7, 11) is 1.90. The van der Waals surface area contributed by atoms with E-state index in [-0.39, 0.29) is 0 Å². The van der Waals surface area contributed by atoms with Gasteiger partial charge in [-0.1, -0.05) is 6.07 Å². The molecule has 9 nitrogen and oxygen atoms in total. The zero-order valence-electron chi connectivity index (χ0n) is 20.9. The van der Waals surface area contributed by atoms with Gasteiger partial charge in [0.05, 0.1) is 23.5 Å². The third-order valence-corrected chi connectivity index (χ3v) is 6.86. The number of nitriles is 1. The molecule has 0 aromatic carbocycles. The summed E-state index contributed by atoms with van der Waals surface area (Å²) < 4.78 is 3.55. The molecule has 5 aromatic rings. The first-order chi connectivity index (χ1) is 18.1. The van der Waals surface area contributed by atoms with Crippen molar-refractivity contribution < 1.29 is 0 Å². The van der Waals surface area contributed by atoms with Gasteiger partial charge >= 0.3 is 0 Å². The number of rotatable bonds is 5. The first-order valence-electron chi connectivity index (χ1n) is 12.3. The predicted octanol–water partition coefficient (Wildman–Crippen LogP) is 3.69. The first kappa shape index (κ1) is 22.9. The van der Waals surface area contributed by atoms with Gasteiger partial charge in [-0.25, -0.2) is 9.50 Å². The average molecular weight is 490 g/mol. The van der Waals surface area contributed by atoms with Crippen molar-refractivity contribution in [2.45, 2.75) is 13.5 Å². The molecular formula is C28H27N9. The van der Waals surface area contributed by atoms with Crippen molar-refractivity contribution in [2.24, 2.45) is 7.05 Å². The Morgan fingerprint density at radius 1 is 0.892 bits per heavy atom. The van der Waals surface area contributed by atoms with E-state index in [9.17, 15) is 5.26 Å². The summed E-state index contributed by atoms with van der Waals surface area (Å²) in [5.74, 6) is 0.967. The maximum atomic E-state index is 9.68. The maximum Gasteiger partial charge on any atom is 0.128 e. The highest BCUT2D eigenvalue weighted by molar-refractivity contribution is 5.87. The molecule has 0 unspecified atom stereocenters. The molecule has 6 heterocycles. The van der Waals surface area contributed by atoms with Gasteiger partial charge in [-0.15, -0.1) is 0 Å². The van der Waals surface area contributed by atoms with E-state index in [0.717, 1.165) is 66.3 Å². The highest BCUT2D eigenvalue weighted by Crippen LogP contribution is 2.32. The lowest BCUT2D eigenvalue weighted by molar-refractivity contribution is 0.249. The van der Waals surface area contributed by atoms with Crippen LogP contribution in [0.4, 0.5) is 5.82 Å². The van der Waals surface area contributed by atoms with E-state index < -0.39 is 0 Å². The van der Waals surface area contributed by atoms with Gasteiger partial charge in [0.15, 0.2) is 0 Å². The van der Waals surface area contributed by atoms with Crippen molar-refractivity contribution >= 4 is 11.3 Å². The van der Waals surface area contributed by atoms with Gasteiger partial charge in [0.25, 0.3) is 0 Å². The van der Waals surface area contributed by atoms with E-state index in [1.807, 2.05) is 44.2 Å². The summed E-state index contributed by atoms with van der Waals surface area (Å²) in [6.07, 6.45) is 13.1. The third kappa shape index (κ3) is 4.55. The number of aromatic nitrogens is 6. The number of anilines is 1. The number of aryl methyl sites for hydroxylation is 2. The average Bonchev–Trinajstić information content (AvgIpc) is 3.55. The molecule has 6 rings (SSSR count). The van der Waals surface area contributed by atoms with Gasteiger partial charge in [0.1, 0.15) is 11.9 Å². The minimum atomic E-state index is 0.539. The molecule has 0 bridgehead atoms. The lowest BCUT2D eigenvalue weighted by atomic mass is 10.0. The highest BCUT2D eigenvalue weighted by Gasteiger charge is 2.19. The van der Waals surface area contributed by atoms with Gasteiger partial charge in [-0.2, -0.15) is 15.5 Å².